The van der Waals surface area contributed by atoms with Crippen LogP contribution in [0.5, 0.6) is 5.75 Å². The third kappa shape index (κ3) is 4.62. The lowest BCUT2D eigenvalue weighted by molar-refractivity contribution is -0.153. The Balaban J connectivity index is 1.80. The number of hydrogen-bond donors (Lipinski definition) is 1. The number of rotatable bonds is 5. The molecule has 2 aromatic carbocycles. The first-order valence-electron chi connectivity index (χ1n) is 7.60. The molecule has 6 nitrogen and oxygen atoms in total. The minimum Gasteiger partial charge on any atom is -0.482 e. The van der Waals surface area contributed by atoms with Gasteiger partial charge in [-0.2, -0.15) is 13.2 Å². The second-order valence-electron chi connectivity index (χ2n) is 5.51. The minimum absolute atomic E-state index is 0.0439. The van der Waals surface area contributed by atoms with Gasteiger partial charge in [0.1, 0.15) is 12.3 Å². The molecule has 142 valence electrons. The highest BCUT2D eigenvalue weighted by Crippen LogP contribution is 2.29. The number of halogens is 4. The van der Waals surface area contributed by atoms with Crippen LogP contribution in [0.2, 0.25) is 5.02 Å². The van der Waals surface area contributed by atoms with Gasteiger partial charge in [-0.15, -0.1) is 0 Å². The average molecular weight is 401 g/mol. The van der Waals surface area contributed by atoms with Crippen molar-refractivity contribution in [2.24, 2.45) is 0 Å². The van der Waals surface area contributed by atoms with Gasteiger partial charge in [-0.3, -0.25) is 9.36 Å². The van der Waals surface area contributed by atoms with Crippen LogP contribution in [0.4, 0.5) is 18.9 Å². The summed E-state index contributed by atoms with van der Waals surface area (Å²) in [4.78, 5) is 24.2. The normalized spacial score (nSPS) is 11.6. The topological polar surface area (TPSA) is 73.5 Å². The number of fused-ring (bicyclic) bond motifs is 1. The predicted molar refractivity (Wildman–Crippen MR) is 92.1 cm³/mol. The second kappa shape index (κ2) is 7.36. The van der Waals surface area contributed by atoms with E-state index in [0.29, 0.717) is 11.1 Å². The van der Waals surface area contributed by atoms with Crippen molar-refractivity contribution in [1.82, 2.24) is 4.57 Å². The molecule has 0 saturated heterocycles. The molecule has 3 rings (SSSR count). The largest absolute Gasteiger partial charge is 0.482 e. The fourth-order valence-electron chi connectivity index (χ4n) is 2.38. The average Bonchev–Trinajstić information content (AvgIpc) is 2.89. The molecule has 1 amide bonds. The summed E-state index contributed by atoms with van der Waals surface area (Å²) in [5.74, 6) is -1.59. The van der Waals surface area contributed by atoms with E-state index in [2.05, 4.69) is 5.32 Å². The van der Waals surface area contributed by atoms with Gasteiger partial charge in [0.2, 0.25) is 5.91 Å². The number of oxazole rings is 1. The van der Waals surface area contributed by atoms with Crippen LogP contribution in [-0.2, 0) is 11.3 Å². The molecule has 1 heterocycles. The Labute approximate surface area is 155 Å². The second-order valence-corrected chi connectivity index (χ2v) is 5.95. The van der Waals surface area contributed by atoms with Crippen LogP contribution in [0.3, 0.4) is 0 Å². The smallest absolute Gasteiger partial charge is 0.422 e. The van der Waals surface area contributed by atoms with Crippen molar-refractivity contribution in [3.63, 3.8) is 0 Å². The van der Waals surface area contributed by atoms with Gasteiger partial charge in [-0.05, 0) is 30.3 Å². The molecule has 3 aromatic rings. The molecule has 0 bridgehead atoms. The lowest BCUT2D eigenvalue weighted by Crippen LogP contribution is -2.25. The SMILES string of the molecule is O=C(Cn1c(=O)oc2ccccc21)Nc1cc(Cl)ccc1OCC(F)(F)F. The molecule has 1 aromatic heterocycles. The zero-order valence-electron chi connectivity index (χ0n) is 13.5. The Morgan fingerprint density at radius 1 is 1.22 bits per heavy atom. The zero-order chi connectivity index (χ0) is 19.6. The number of amides is 1. The van der Waals surface area contributed by atoms with Crippen molar-refractivity contribution in [1.29, 1.82) is 0 Å². The summed E-state index contributed by atoms with van der Waals surface area (Å²) in [5, 5.41) is 2.59. The Hall–Kier alpha value is -2.94. The Bertz CT molecular complexity index is 1040. The molecule has 1 N–H and O–H groups in total. The highest BCUT2D eigenvalue weighted by Gasteiger charge is 2.29. The van der Waals surface area contributed by atoms with Crippen molar-refractivity contribution in [2.75, 3.05) is 11.9 Å². The summed E-state index contributed by atoms with van der Waals surface area (Å²) in [7, 11) is 0. The quantitative estimate of drug-likeness (QED) is 0.706. The van der Waals surface area contributed by atoms with Crippen molar-refractivity contribution < 1.29 is 27.1 Å². The fraction of sp³-hybridized carbons (Fsp3) is 0.176. The number of carbonyl (C=O) groups is 1. The van der Waals surface area contributed by atoms with E-state index in [9.17, 15) is 22.8 Å². The summed E-state index contributed by atoms with van der Waals surface area (Å²) in [6.07, 6.45) is -4.54. The molecule has 0 fully saturated rings. The minimum atomic E-state index is -4.54. The summed E-state index contributed by atoms with van der Waals surface area (Å²) in [6, 6.07) is 10.3. The monoisotopic (exact) mass is 400 g/mol. The summed E-state index contributed by atoms with van der Waals surface area (Å²) in [6.45, 7) is -1.93. The standard InChI is InChI=1S/C17H12ClF3N2O4/c18-10-5-6-13(26-9-17(19,20)21)11(7-10)22-15(24)8-23-12-3-1-2-4-14(12)27-16(23)25/h1-7H,8-9H2,(H,22,24). The number of nitrogens with zero attached hydrogens (tertiary/aromatic N) is 1. The Morgan fingerprint density at radius 3 is 2.70 bits per heavy atom. The first-order chi connectivity index (χ1) is 12.7. The van der Waals surface area contributed by atoms with E-state index in [1.165, 1.54) is 18.2 Å². The van der Waals surface area contributed by atoms with Crippen molar-refractivity contribution in [3.8, 4) is 5.75 Å². The van der Waals surface area contributed by atoms with Gasteiger partial charge in [0, 0.05) is 5.02 Å². The Morgan fingerprint density at radius 2 is 1.96 bits per heavy atom. The van der Waals surface area contributed by atoms with E-state index in [1.807, 2.05) is 0 Å². The number of aromatic nitrogens is 1. The summed E-state index contributed by atoms with van der Waals surface area (Å²) in [5.41, 5.74) is 0.683. The lowest BCUT2D eigenvalue weighted by atomic mass is 10.3. The van der Waals surface area contributed by atoms with Crippen LogP contribution in [0, 0.1) is 0 Å². The van der Waals surface area contributed by atoms with Gasteiger partial charge in [0.15, 0.2) is 12.2 Å². The van der Waals surface area contributed by atoms with Crippen LogP contribution in [-0.4, -0.2) is 23.3 Å². The first-order valence-corrected chi connectivity index (χ1v) is 7.98. The molecule has 27 heavy (non-hydrogen) atoms. The maximum atomic E-state index is 12.4. The van der Waals surface area contributed by atoms with Crippen LogP contribution in [0.1, 0.15) is 0 Å². The number of nitrogens with one attached hydrogen (secondary N) is 1. The van der Waals surface area contributed by atoms with E-state index in [0.717, 1.165) is 4.57 Å². The fourth-order valence-corrected chi connectivity index (χ4v) is 2.55. The molecule has 0 aliphatic carbocycles. The number of alkyl halides is 3. The molecule has 0 unspecified atom stereocenters. The molecule has 0 radical (unpaired) electrons. The maximum Gasteiger partial charge on any atom is 0.422 e. The summed E-state index contributed by atoms with van der Waals surface area (Å²) >= 11 is 5.84. The third-order valence-electron chi connectivity index (χ3n) is 3.48. The van der Waals surface area contributed by atoms with Crippen molar-refractivity contribution in [3.05, 3.63) is 58.0 Å². The van der Waals surface area contributed by atoms with Gasteiger partial charge in [0.25, 0.3) is 0 Å². The van der Waals surface area contributed by atoms with E-state index in [1.54, 1.807) is 24.3 Å². The van der Waals surface area contributed by atoms with E-state index < -0.39 is 31.0 Å². The van der Waals surface area contributed by atoms with Crippen LogP contribution >= 0.6 is 11.6 Å². The number of anilines is 1. The van der Waals surface area contributed by atoms with E-state index in [4.69, 9.17) is 20.8 Å². The van der Waals surface area contributed by atoms with Gasteiger partial charge in [-0.1, -0.05) is 23.7 Å². The third-order valence-corrected chi connectivity index (χ3v) is 3.72. The van der Waals surface area contributed by atoms with Gasteiger partial charge in [-0.25, -0.2) is 4.79 Å². The molecular weight excluding hydrogens is 389 g/mol. The van der Waals surface area contributed by atoms with Crippen LogP contribution in [0.15, 0.2) is 51.7 Å². The molecule has 0 aliphatic rings. The van der Waals surface area contributed by atoms with Crippen LogP contribution in [0.25, 0.3) is 11.1 Å². The Kier molecular flexibility index (Phi) is 5.13. The molecule has 0 spiro atoms. The molecule has 0 atom stereocenters. The first kappa shape index (κ1) is 18.8. The zero-order valence-corrected chi connectivity index (χ0v) is 14.3. The predicted octanol–water partition coefficient (Wildman–Crippen LogP) is 3.83. The van der Waals surface area contributed by atoms with E-state index in [-0.39, 0.29) is 16.5 Å². The van der Waals surface area contributed by atoms with Crippen molar-refractivity contribution >= 4 is 34.3 Å². The van der Waals surface area contributed by atoms with Gasteiger partial charge < -0.3 is 14.5 Å². The summed E-state index contributed by atoms with van der Waals surface area (Å²) < 4.78 is 47.9. The number of hydrogen-bond acceptors (Lipinski definition) is 4. The lowest BCUT2D eigenvalue weighted by Gasteiger charge is -2.14. The molecule has 0 saturated carbocycles. The highest BCUT2D eigenvalue weighted by atomic mass is 35.5. The van der Waals surface area contributed by atoms with Gasteiger partial charge >= 0.3 is 11.9 Å². The molecule has 0 aliphatic heterocycles. The highest BCUT2D eigenvalue weighted by molar-refractivity contribution is 6.31. The number of para-hydroxylation sites is 2. The maximum absolute atomic E-state index is 12.4. The van der Waals surface area contributed by atoms with E-state index >= 15 is 0 Å². The number of ether oxygens (including phenoxy) is 1. The number of carbonyl (C=O) groups excluding carboxylic acids is 1. The van der Waals surface area contributed by atoms with Gasteiger partial charge in [0.05, 0.1) is 11.2 Å². The molecule has 10 heteroatoms. The number of benzene rings is 2. The van der Waals surface area contributed by atoms with Crippen molar-refractivity contribution in [2.45, 2.75) is 12.7 Å². The van der Waals surface area contributed by atoms with Crippen LogP contribution < -0.4 is 15.8 Å². The molecular formula is C17H12ClF3N2O4.